The molecule has 11 heteroatoms. The Labute approximate surface area is 181 Å². The molecule has 0 spiro atoms. The number of hydrogen-bond acceptors (Lipinski definition) is 5. The van der Waals surface area contributed by atoms with E-state index >= 15 is 0 Å². The number of aromatic nitrogens is 3. The Morgan fingerprint density at radius 1 is 1.03 bits per heavy atom. The summed E-state index contributed by atoms with van der Waals surface area (Å²) < 4.78 is 45.9. The third-order valence-corrected chi connectivity index (χ3v) is 4.43. The van der Waals surface area contributed by atoms with Gasteiger partial charge in [0.25, 0.3) is 5.91 Å². The van der Waals surface area contributed by atoms with Gasteiger partial charge in [-0.15, -0.1) is 5.10 Å². The number of nitrogens with one attached hydrogen (secondary N) is 2. The number of ether oxygens (including phenoxy) is 1. The molecule has 0 atom stereocenters. The molecule has 0 bridgehead atoms. The van der Waals surface area contributed by atoms with Gasteiger partial charge in [0.2, 0.25) is 5.91 Å². The van der Waals surface area contributed by atoms with Crippen molar-refractivity contribution in [2.75, 3.05) is 17.2 Å². The summed E-state index contributed by atoms with van der Waals surface area (Å²) in [6.45, 7) is 3.33. The van der Waals surface area contributed by atoms with E-state index in [-0.39, 0.29) is 17.1 Å². The Morgan fingerprint density at radius 2 is 1.69 bits per heavy atom. The first-order valence-electron chi connectivity index (χ1n) is 9.60. The fraction of sp³-hybridized carbons (Fsp3) is 0.238. The fourth-order valence-corrected chi connectivity index (χ4v) is 2.92. The van der Waals surface area contributed by atoms with Crippen LogP contribution in [-0.2, 0) is 17.5 Å². The third kappa shape index (κ3) is 5.23. The number of carbonyl (C=O) groups excluding carboxylic acids is 2. The van der Waals surface area contributed by atoms with Gasteiger partial charge in [0.15, 0.2) is 5.69 Å². The second-order valence-electron chi connectivity index (χ2n) is 6.66. The molecular formula is C21H20F3N5O3. The number of halogens is 3. The monoisotopic (exact) mass is 447 g/mol. The Bertz CT molecular complexity index is 1130. The number of hydrogen-bond donors (Lipinski definition) is 2. The van der Waals surface area contributed by atoms with Gasteiger partial charge in [-0.25, -0.2) is 4.68 Å². The van der Waals surface area contributed by atoms with Crippen molar-refractivity contribution in [1.82, 2.24) is 15.0 Å². The number of anilines is 2. The van der Waals surface area contributed by atoms with Gasteiger partial charge in [0.1, 0.15) is 12.3 Å². The van der Waals surface area contributed by atoms with E-state index in [9.17, 15) is 22.8 Å². The van der Waals surface area contributed by atoms with E-state index < -0.39 is 30.1 Å². The van der Waals surface area contributed by atoms with E-state index in [0.717, 1.165) is 16.8 Å². The zero-order valence-electron chi connectivity index (χ0n) is 17.2. The van der Waals surface area contributed by atoms with Gasteiger partial charge >= 0.3 is 6.18 Å². The summed E-state index contributed by atoms with van der Waals surface area (Å²) in [6, 6.07) is 11.5. The van der Waals surface area contributed by atoms with Crippen LogP contribution in [0.1, 0.15) is 28.7 Å². The summed E-state index contributed by atoms with van der Waals surface area (Å²) in [6.07, 6.45) is -4.61. The fourth-order valence-electron chi connectivity index (χ4n) is 2.92. The lowest BCUT2D eigenvalue weighted by Crippen LogP contribution is -2.22. The number of benzene rings is 2. The maximum absolute atomic E-state index is 13.1. The van der Waals surface area contributed by atoms with Crippen molar-refractivity contribution in [2.45, 2.75) is 26.6 Å². The van der Waals surface area contributed by atoms with Crippen molar-refractivity contribution in [3.8, 4) is 5.75 Å². The molecule has 0 saturated heterocycles. The first kappa shape index (κ1) is 22.8. The molecule has 1 aromatic heterocycles. The second kappa shape index (κ2) is 9.50. The highest BCUT2D eigenvalue weighted by atomic mass is 19.4. The van der Waals surface area contributed by atoms with Crippen LogP contribution >= 0.6 is 0 Å². The van der Waals surface area contributed by atoms with E-state index in [2.05, 4.69) is 20.9 Å². The molecule has 0 saturated carbocycles. The van der Waals surface area contributed by atoms with Gasteiger partial charge in [0.05, 0.1) is 29.2 Å². The van der Waals surface area contributed by atoms with Crippen LogP contribution < -0.4 is 15.4 Å². The van der Waals surface area contributed by atoms with Crippen molar-refractivity contribution < 1.29 is 27.5 Å². The van der Waals surface area contributed by atoms with E-state index in [1.165, 1.54) is 19.1 Å². The lowest BCUT2D eigenvalue weighted by molar-refractivity contribution is -0.137. The number of rotatable bonds is 7. The lowest BCUT2D eigenvalue weighted by atomic mass is 10.1. The second-order valence-corrected chi connectivity index (χ2v) is 6.66. The number of alkyl halides is 3. The molecule has 0 fully saturated rings. The van der Waals surface area contributed by atoms with Crippen LogP contribution in [0.4, 0.5) is 24.5 Å². The minimum absolute atomic E-state index is 0.0280. The minimum atomic E-state index is -4.61. The number of nitrogens with zero attached hydrogens (tertiary/aromatic N) is 3. The van der Waals surface area contributed by atoms with E-state index in [0.29, 0.717) is 18.0 Å². The zero-order valence-corrected chi connectivity index (χ0v) is 17.2. The summed E-state index contributed by atoms with van der Waals surface area (Å²) in [7, 11) is 0. The molecule has 0 aliphatic heterocycles. The highest BCUT2D eigenvalue weighted by Crippen LogP contribution is 2.34. The molecule has 2 aromatic carbocycles. The molecule has 0 aliphatic rings. The van der Waals surface area contributed by atoms with Crippen molar-refractivity contribution >= 4 is 23.2 Å². The summed E-state index contributed by atoms with van der Waals surface area (Å²) in [5, 5.41) is 12.5. The molecule has 2 amide bonds. The zero-order chi connectivity index (χ0) is 23.3. The molecule has 8 nitrogen and oxygen atoms in total. The smallest absolute Gasteiger partial charge is 0.418 e. The van der Waals surface area contributed by atoms with Crippen molar-refractivity contribution in [1.29, 1.82) is 0 Å². The van der Waals surface area contributed by atoms with Gasteiger partial charge in [-0.2, -0.15) is 13.2 Å². The molecule has 3 rings (SSSR count). The molecule has 3 aromatic rings. The van der Waals surface area contributed by atoms with Crippen LogP contribution in [0.25, 0.3) is 0 Å². The van der Waals surface area contributed by atoms with Crippen molar-refractivity contribution in [3.05, 3.63) is 65.5 Å². The largest absolute Gasteiger partial charge is 0.492 e. The highest BCUT2D eigenvalue weighted by molar-refractivity contribution is 6.04. The van der Waals surface area contributed by atoms with E-state index in [1.807, 2.05) is 6.92 Å². The molecule has 1 heterocycles. The maximum Gasteiger partial charge on any atom is 0.418 e. The molecule has 2 N–H and O–H groups in total. The average molecular weight is 447 g/mol. The van der Waals surface area contributed by atoms with Crippen LogP contribution in [0.3, 0.4) is 0 Å². The topological polar surface area (TPSA) is 98.1 Å². The first-order valence-corrected chi connectivity index (χ1v) is 9.60. The van der Waals surface area contributed by atoms with Crippen molar-refractivity contribution in [2.24, 2.45) is 0 Å². The lowest BCUT2D eigenvalue weighted by Gasteiger charge is -2.13. The molecule has 0 aliphatic carbocycles. The van der Waals surface area contributed by atoms with Crippen LogP contribution in [-0.4, -0.2) is 33.4 Å². The Morgan fingerprint density at radius 3 is 2.38 bits per heavy atom. The number of amides is 2. The summed E-state index contributed by atoms with van der Waals surface area (Å²) >= 11 is 0. The van der Waals surface area contributed by atoms with Crippen LogP contribution in [0.15, 0.2) is 48.5 Å². The van der Waals surface area contributed by atoms with Crippen LogP contribution in [0.5, 0.6) is 5.75 Å². The SMILES string of the molecule is CCOc1ccccc1NC(=O)c1nnn(CC(=O)Nc2ccccc2C(F)(F)F)c1C. The summed E-state index contributed by atoms with van der Waals surface area (Å²) in [4.78, 5) is 24.9. The normalized spacial score (nSPS) is 11.2. The molecule has 32 heavy (non-hydrogen) atoms. The quantitative estimate of drug-likeness (QED) is 0.573. The van der Waals surface area contributed by atoms with Gasteiger partial charge in [-0.3, -0.25) is 9.59 Å². The number of para-hydroxylation sites is 3. The third-order valence-electron chi connectivity index (χ3n) is 4.43. The van der Waals surface area contributed by atoms with Crippen LogP contribution in [0, 0.1) is 6.92 Å². The molecule has 168 valence electrons. The molecule has 0 radical (unpaired) electrons. The summed E-state index contributed by atoms with van der Waals surface area (Å²) in [5.41, 5.74) is -0.643. The van der Waals surface area contributed by atoms with Crippen LogP contribution in [0.2, 0.25) is 0 Å². The Balaban J connectivity index is 1.72. The highest BCUT2D eigenvalue weighted by Gasteiger charge is 2.33. The minimum Gasteiger partial charge on any atom is -0.492 e. The maximum atomic E-state index is 13.1. The van der Waals surface area contributed by atoms with Gasteiger partial charge < -0.3 is 15.4 Å². The Kier molecular flexibility index (Phi) is 6.76. The van der Waals surface area contributed by atoms with E-state index in [4.69, 9.17) is 4.74 Å². The predicted molar refractivity (Wildman–Crippen MR) is 110 cm³/mol. The number of carbonyl (C=O) groups is 2. The first-order chi connectivity index (χ1) is 15.2. The van der Waals surface area contributed by atoms with E-state index in [1.54, 1.807) is 24.3 Å². The average Bonchev–Trinajstić information content (AvgIpc) is 3.09. The standard InChI is InChI=1S/C21H20F3N5O3/c1-3-32-17-11-7-6-10-16(17)26-20(31)19-13(2)29(28-27-19)12-18(30)25-15-9-5-4-8-14(15)21(22,23)24/h4-11H,3,12H2,1-2H3,(H,25,30)(H,26,31). The van der Waals surface area contributed by atoms with Gasteiger partial charge in [0, 0.05) is 0 Å². The van der Waals surface area contributed by atoms with Crippen molar-refractivity contribution in [3.63, 3.8) is 0 Å². The Hall–Kier alpha value is -3.89. The van der Waals surface area contributed by atoms with Gasteiger partial charge in [-0.1, -0.05) is 29.5 Å². The molecule has 0 unspecified atom stereocenters. The van der Waals surface area contributed by atoms with Gasteiger partial charge in [-0.05, 0) is 38.1 Å². The molecular weight excluding hydrogens is 427 g/mol. The summed E-state index contributed by atoms with van der Waals surface area (Å²) in [5.74, 6) is -0.830. The predicted octanol–water partition coefficient (Wildman–Crippen LogP) is 3.90.